The molecule has 0 spiro atoms. The molecule has 1 aromatic heterocycles. The van der Waals surface area contributed by atoms with Gasteiger partial charge >= 0.3 is 0 Å². The van der Waals surface area contributed by atoms with E-state index in [-0.39, 0.29) is 0 Å². The van der Waals surface area contributed by atoms with Crippen molar-refractivity contribution >= 4 is 16.3 Å². The largest absolute Gasteiger partial charge is 0.390 e. The molecule has 66 valence electrons. The third kappa shape index (κ3) is 1.48. The number of thiophene rings is 1. The highest BCUT2D eigenvalue weighted by Gasteiger charge is 2.17. The van der Waals surface area contributed by atoms with Crippen LogP contribution in [0.5, 0.6) is 0 Å². The van der Waals surface area contributed by atoms with E-state index >= 15 is 0 Å². The lowest BCUT2D eigenvalue weighted by Gasteiger charge is -2.21. The molecule has 2 rings (SSSR count). The Balaban J connectivity index is 2.13. The Morgan fingerprint density at radius 1 is 1.25 bits per heavy atom. The highest BCUT2D eigenvalue weighted by molar-refractivity contribution is 7.14. The molecular weight excluding hydrogens is 166 g/mol. The van der Waals surface area contributed by atoms with Gasteiger partial charge in [-0.3, -0.25) is 0 Å². The van der Waals surface area contributed by atoms with Gasteiger partial charge in [0, 0.05) is 0 Å². The lowest BCUT2D eigenvalue weighted by atomic mass is 9.85. The number of anilines is 1. The molecule has 1 aliphatic rings. The van der Waals surface area contributed by atoms with Crippen LogP contribution in [0.15, 0.2) is 11.4 Å². The average molecular weight is 181 g/mol. The number of nitrogen functional groups attached to an aromatic ring is 1. The Hall–Kier alpha value is -0.500. The summed E-state index contributed by atoms with van der Waals surface area (Å²) >= 11 is 1.68. The minimum Gasteiger partial charge on any atom is -0.390 e. The predicted molar refractivity (Wildman–Crippen MR) is 54.6 cm³/mol. The van der Waals surface area contributed by atoms with Crippen molar-refractivity contribution in [1.29, 1.82) is 0 Å². The molecule has 0 bridgehead atoms. The number of nitrogens with two attached hydrogens (primary N) is 1. The van der Waals surface area contributed by atoms with E-state index in [0.29, 0.717) is 0 Å². The van der Waals surface area contributed by atoms with Gasteiger partial charge in [0.05, 0.1) is 5.00 Å². The van der Waals surface area contributed by atoms with E-state index in [2.05, 4.69) is 11.4 Å². The summed E-state index contributed by atoms with van der Waals surface area (Å²) < 4.78 is 0. The Morgan fingerprint density at radius 2 is 2.00 bits per heavy atom. The first-order chi connectivity index (χ1) is 5.88. The van der Waals surface area contributed by atoms with Crippen LogP contribution in [0.2, 0.25) is 0 Å². The summed E-state index contributed by atoms with van der Waals surface area (Å²) in [6, 6.07) is 2.20. The van der Waals surface area contributed by atoms with Crippen LogP contribution < -0.4 is 5.73 Å². The molecule has 1 heterocycles. The molecule has 1 fully saturated rings. The summed E-state index contributed by atoms with van der Waals surface area (Å²) in [5, 5.41) is 3.15. The zero-order valence-corrected chi connectivity index (χ0v) is 8.07. The number of rotatable bonds is 1. The number of hydrogen-bond acceptors (Lipinski definition) is 2. The zero-order valence-electron chi connectivity index (χ0n) is 7.25. The topological polar surface area (TPSA) is 26.0 Å². The molecule has 0 aromatic carbocycles. The summed E-state index contributed by atoms with van der Waals surface area (Å²) in [5.74, 6) is 0.769. The minimum absolute atomic E-state index is 0.769. The van der Waals surface area contributed by atoms with Gasteiger partial charge in [0.15, 0.2) is 0 Å². The molecule has 0 amide bonds. The highest BCUT2D eigenvalue weighted by atomic mass is 32.1. The summed E-state index contributed by atoms with van der Waals surface area (Å²) in [4.78, 5) is 0. The van der Waals surface area contributed by atoms with Gasteiger partial charge in [-0.1, -0.05) is 19.3 Å². The fourth-order valence-electron chi connectivity index (χ4n) is 2.08. The van der Waals surface area contributed by atoms with Crippen molar-refractivity contribution in [1.82, 2.24) is 0 Å². The maximum absolute atomic E-state index is 5.89. The van der Waals surface area contributed by atoms with Gasteiger partial charge in [0.1, 0.15) is 0 Å². The van der Waals surface area contributed by atoms with Crippen LogP contribution in [0.4, 0.5) is 5.00 Å². The van der Waals surface area contributed by atoms with Crippen molar-refractivity contribution in [3.8, 4) is 0 Å². The molecule has 0 saturated heterocycles. The monoisotopic (exact) mass is 181 g/mol. The zero-order chi connectivity index (χ0) is 8.39. The van der Waals surface area contributed by atoms with Gasteiger partial charge in [-0.15, -0.1) is 11.3 Å². The third-order valence-corrected chi connectivity index (χ3v) is 3.53. The van der Waals surface area contributed by atoms with Crippen LogP contribution in [-0.2, 0) is 0 Å². The molecule has 1 saturated carbocycles. The Labute approximate surface area is 77.6 Å². The molecule has 0 radical (unpaired) electrons. The maximum Gasteiger partial charge on any atom is 0.0891 e. The molecule has 1 aromatic rings. The van der Waals surface area contributed by atoms with Crippen LogP contribution in [0.25, 0.3) is 0 Å². The van der Waals surface area contributed by atoms with Crippen LogP contribution in [0.1, 0.15) is 43.6 Å². The maximum atomic E-state index is 5.89. The summed E-state index contributed by atoms with van der Waals surface area (Å²) in [6.45, 7) is 0. The van der Waals surface area contributed by atoms with Crippen LogP contribution in [0.3, 0.4) is 0 Å². The van der Waals surface area contributed by atoms with Gasteiger partial charge in [-0.25, -0.2) is 0 Å². The first-order valence-electron chi connectivity index (χ1n) is 4.71. The lowest BCUT2D eigenvalue weighted by Crippen LogP contribution is -2.04. The molecule has 12 heavy (non-hydrogen) atoms. The molecule has 0 aliphatic heterocycles. The quantitative estimate of drug-likeness (QED) is 0.706. The fraction of sp³-hybridized carbons (Fsp3) is 0.600. The van der Waals surface area contributed by atoms with E-state index < -0.39 is 0 Å². The van der Waals surface area contributed by atoms with Crippen LogP contribution >= 0.6 is 11.3 Å². The highest BCUT2D eigenvalue weighted by Crippen LogP contribution is 2.37. The SMILES string of the molecule is Nc1sccc1C1CCCCC1. The van der Waals surface area contributed by atoms with Gasteiger partial charge in [0.25, 0.3) is 0 Å². The molecule has 1 nitrogen and oxygen atoms in total. The van der Waals surface area contributed by atoms with E-state index in [1.165, 1.54) is 37.7 Å². The second-order valence-corrected chi connectivity index (χ2v) is 4.52. The van der Waals surface area contributed by atoms with Gasteiger partial charge < -0.3 is 5.73 Å². The van der Waals surface area contributed by atoms with Gasteiger partial charge in [-0.2, -0.15) is 0 Å². The van der Waals surface area contributed by atoms with E-state index in [4.69, 9.17) is 5.73 Å². The van der Waals surface area contributed by atoms with Crippen molar-refractivity contribution in [3.63, 3.8) is 0 Å². The summed E-state index contributed by atoms with van der Waals surface area (Å²) in [7, 11) is 0. The van der Waals surface area contributed by atoms with Crippen molar-refractivity contribution in [2.24, 2.45) is 0 Å². The fourth-order valence-corrected chi connectivity index (χ4v) is 2.81. The predicted octanol–water partition coefficient (Wildman–Crippen LogP) is 3.38. The van der Waals surface area contributed by atoms with E-state index in [9.17, 15) is 0 Å². The Morgan fingerprint density at radius 3 is 2.58 bits per heavy atom. The van der Waals surface area contributed by atoms with Gasteiger partial charge in [0.2, 0.25) is 0 Å². The molecular formula is C10H15NS. The smallest absolute Gasteiger partial charge is 0.0891 e. The van der Waals surface area contributed by atoms with Crippen LogP contribution in [0, 0.1) is 0 Å². The van der Waals surface area contributed by atoms with Crippen molar-refractivity contribution in [2.75, 3.05) is 5.73 Å². The second-order valence-electron chi connectivity index (χ2n) is 3.58. The van der Waals surface area contributed by atoms with Crippen molar-refractivity contribution < 1.29 is 0 Å². The molecule has 2 N–H and O–H groups in total. The van der Waals surface area contributed by atoms with Crippen molar-refractivity contribution in [2.45, 2.75) is 38.0 Å². The third-order valence-electron chi connectivity index (χ3n) is 2.77. The Kier molecular flexibility index (Phi) is 2.35. The van der Waals surface area contributed by atoms with Crippen LogP contribution in [-0.4, -0.2) is 0 Å². The van der Waals surface area contributed by atoms with Gasteiger partial charge in [-0.05, 0) is 35.8 Å². The lowest BCUT2D eigenvalue weighted by molar-refractivity contribution is 0.445. The van der Waals surface area contributed by atoms with Crippen molar-refractivity contribution in [3.05, 3.63) is 17.0 Å². The standard InChI is InChI=1S/C10H15NS/c11-10-9(6-7-12-10)8-4-2-1-3-5-8/h6-8H,1-5,11H2. The number of hydrogen-bond donors (Lipinski definition) is 1. The summed E-state index contributed by atoms with van der Waals surface area (Å²) in [5.41, 5.74) is 7.31. The first-order valence-corrected chi connectivity index (χ1v) is 5.59. The molecule has 0 unspecified atom stereocenters. The molecule has 0 atom stereocenters. The first kappa shape index (κ1) is 8.11. The van der Waals surface area contributed by atoms with E-state index in [0.717, 1.165) is 10.9 Å². The minimum atomic E-state index is 0.769. The average Bonchev–Trinajstić information content (AvgIpc) is 2.53. The molecule has 1 aliphatic carbocycles. The van der Waals surface area contributed by atoms with E-state index in [1.807, 2.05) is 0 Å². The van der Waals surface area contributed by atoms with E-state index in [1.54, 1.807) is 11.3 Å². The molecule has 2 heteroatoms. The Bertz CT molecular complexity index is 248. The normalized spacial score (nSPS) is 19.7. The summed E-state index contributed by atoms with van der Waals surface area (Å²) in [6.07, 6.45) is 6.89. The second kappa shape index (κ2) is 3.48.